The van der Waals surface area contributed by atoms with E-state index in [-0.39, 0.29) is 11.4 Å². The standard InChI is InChI=1S/C23H18FN3OS/c1-14-13-29-22(26-14)18-11-17(16-6-2-3-7-20(16)24)21-19-12-25-9-8-15(19)5-4-10-27(21)23(18)28/h2-3,6-9,11-13H,4-5,10H2,1H3. The molecule has 0 unspecified atom stereocenters. The Kier molecular flexibility index (Phi) is 4.36. The van der Waals surface area contributed by atoms with Crippen LogP contribution in [0.2, 0.25) is 0 Å². The van der Waals surface area contributed by atoms with Gasteiger partial charge < -0.3 is 4.57 Å². The number of thiazole rings is 1. The number of rotatable bonds is 2. The van der Waals surface area contributed by atoms with Crippen molar-refractivity contribution in [1.29, 1.82) is 0 Å². The minimum absolute atomic E-state index is 0.0915. The highest BCUT2D eigenvalue weighted by Crippen LogP contribution is 2.38. The molecule has 0 fully saturated rings. The van der Waals surface area contributed by atoms with Crippen molar-refractivity contribution in [2.45, 2.75) is 26.3 Å². The van der Waals surface area contributed by atoms with Crippen molar-refractivity contribution in [3.63, 3.8) is 0 Å². The van der Waals surface area contributed by atoms with Crippen molar-refractivity contribution < 1.29 is 4.39 Å². The van der Waals surface area contributed by atoms with Crippen molar-refractivity contribution in [3.05, 3.63) is 81.6 Å². The van der Waals surface area contributed by atoms with Crippen LogP contribution < -0.4 is 5.56 Å². The van der Waals surface area contributed by atoms with E-state index in [4.69, 9.17) is 0 Å². The molecule has 0 radical (unpaired) electrons. The van der Waals surface area contributed by atoms with Crippen LogP contribution in [-0.2, 0) is 13.0 Å². The normalized spacial score (nSPS) is 12.9. The molecule has 0 atom stereocenters. The number of hydrogen-bond acceptors (Lipinski definition) is 4. The molecule has 1 aliphatic heterocycles. The fraction of sp³-hybridized carbons (Fsp3) is 0.174. The van der Waals surface area contributed by atoms with Crippen molar-refractivity contribution >= 4 is 11.3 Å². The number of benzene rings is 1. The van der Waals surface area contributed by atoms with E-state index in [1.165, 1.54) is 17.4 Å². The second kappa shape index (κ2) is 7.04. The summed E-state index contributed by atoms with van der Waals surface area (Å²) in [6.45, 7) is 2.48. The highest BCUT2D eigenvalue weighted by atomic mass is 32.1. The Morgan fingerprint density at radius 1 is 1.10 bits per heavy atom. The quantitative estimate of drug-likeness (QED) is 0.468. The van der Waals surface area contributed by atoms with Gasteiger partial charge in [-0.15, -0.1) is 11.3 Å². The van der Waals surface area contributed by atoms with Gasteiger partial charge in [0.15, 0.2) is 0 Å². The molecule has 0 aliphatic carbocycles. The van der Waals surface area contributed by atoms with Crippen LogP contribution in [0.15, 0.2) is 59.0 Å². The predicted molar refractivity (Wildman–Crippen MR) is 113 cm³/mol. The summed E-state index contributed by atoms with van der Waals surface area (Å²) >= 11 is 1.44. The largest absolute Gasteiger partial charge is 0.307 e. The number of nitrogens with zero attached hydrogens (tertiary/aromatic N) is 3. The van der Waals surface area contributed by atoms with Gasteiger partial charge in [-0.05, 0) is 43.5 Å². The lowest BCUT2D eigenvalue weighted by Gasteiger charge is -2.18. The van der Waals surface area contributed by atoms with Gasteiger partial charge in [0.1, 0.15) is 10.8 Å². The second-order valence-electron chi connectivity index (χ2n) is 7.19. The summed E-state index contributed by atoms with van der Waals surface area (Å²) in [6.07, 6.45) is 5.23. The van der Waals surface area contributed by atoms with E-state index in [9.17, 15) is 9.18 Å². The van der Waals surface area contributed by atoms with Crippen LogP contribution in [0.25, 0.3) is 33.0 Å². The third-order valence-corrected chi connectivity index (χ3v) is 6.29. The van der Waals surface area contributed by atoms with Gasteiger partial charge >= 0.3 is 0 Å². The summed E-state index contributed by atoms with van der Waals surface area (Å²) in [6, 6.07) is 10.5. The smallest absolute Gasteiger partial charge is 0.261 e. The van der Waals surface area contributed by atoms with E-state index in [0.717, 1.165) is 35.4 Å². The Bertz CT molecular complexity index is 1290. The highest BCUT2D eigenvalue weighted by molar-refractivity contribution is 7.13. The maximum absolute atomic E-state index is 14.8. The monoisotopic (exact) mass is 403 g/mol. The Morgan fingerprint density at radius 2 is 1.97 bits per heavy atom. The maximum atomic E-state index is 14.8. The van der Waals surface area contributed by atoms with Gasteiger partial charge in [-0.2, -0.15) is 0 Å². The average molecular weight is 403 g/mol. The van der Waals surface area contributed by atoms with Gasteiger partial charge in [0.05, 0.1) is 11.3 Å². The van der Waals surface area contributed by atoms with Gasteiger partial charge in [0.2, 0.25) is 0 Å². The number of hydrogen-bond donors (Lipinski definition) is 0. The molecule has 4 heterocycles. The third kappa shape index (κ3) is 3.00. The lowest BCUT2D eigenvalue weighted by Crippen LogP contribution is -2.24. The van der Waals surface area contributed by atoms with Gasteiger partial charge in [0.25, 0.3) is 5.56 Å². The minimum Gasteiger partial charge on any atom is -0.307 e. The van der Waals surface area contributed by atoms with Crippen LogP contribution in [0, 0.1) is 12.7 Å². The molecule has 0 saturated heterocycles. The first-order valence-corrected chi connectivity index (χ1v) is 10.4. The SMILES string of the molecule is Cc1csc(-c2cc(-c3ccccc3F)c3n(c2=O)CCCc2ccncc2-3)n1. The number of pyridine rings is 2. The minimum atomic E-state index is -0.315. The van der Waals surface area contributed by atoms with Gasteiger partial charge in [-0.3, -0.25) is 9.78 Å². The summed E-state index contributed by atoms with van der Waals surface area (Å²) in [7, 11) is 0. The molecule has 0 amide bonds. The van der Waals surface area contributed by atoms with E-state index in [1.54, 1.807) is 35.2 Å². The van der Waals surface area contributed by atoms with Crippen LogP contribution in [-0.4, -0.2) is 14.5 Å². The number of halogens is 1. The maximum Gasteiger partial charge on any atom is 0.261 e. The van der Waals surface area contributed by atoms with Gasteiger partial charge in [-0.25, -0.2) is 9.37 Å². The molecule has 0 N–H and O–H groups in total. The Balaban J connectivity index is 1.91. The second-order valence-corrected chi connectivity index (χ2v) is 8.05. The van der Waals surface area contributed by atoms with Crippen molar-refractivity contribution in [2.24, 2.45) is 0 Å². The number of fused-ring (bicyclic) bond motifs is 3. The summed E-state index contributed by atoms with van der Waals surface area (Å²) in [5.74, 6) is -0.315. The van der Waals surface area contributed by atoms with Gasteiger partial charge in [-0.1, -0.05) is 18.2 Å². The summed E-state index contributed by atoms with van der Waals surface area (Å²) in [4.78, 5) is 22.3. The highest BCUT2D eigenvalue weighted by Gasteiger charge is 2.24. The topological polar surface area (TPSA) is 47.8 Å². The first-order valence-electron chi connectivity index (χ1n) is 9.52. The molecule has 1 aromatic carbocycles. The molecule has 5 rings (SSSR count). The molecule has 0 bridgehead atoms. The van der Waals surface area contributed by atoms with Crippen LogP contribution in [0.1, 0.15) is 17.7 Å². The molecule has 0 saturated carbocycles. The van der Waals surface area contributed by atoms with E-state index < -0.39 is 0 Å². The fourth-order valence-electron chi connectivity index (χ4n) is 3.97. The van der Waals surface area contributed by atoms with Gasteiger partial charge in [0, 0.05) is 46.7 Å². The zero-order chi connectivity index (χ0) is 20.0. The molecular formula is C23H18FN3OS. The molecule has 1 aliphatic rings. The number of aromatic nitrogens is 3. The summed E-state index contributed by atoms with van der Waals surface area (Å²) in [5, 5.41) is 2.59. The zero-order valence-corrected chi connectivity index (χ0v) is 16.7. The molecule has 29 heavy (non-hydrogen) atoms. The lowest BCUT2D eigenvalue weighted by atomic mass is 9.95. The molecule has 4 aromatic rings. The van der Waals surface area contributed by atoms with Crippen LogP contribution in [0.3, 0.4) is 0 Å². The summed E-state index contributed by atoms with van der Waals surface area (Å²) < 4.78 is 16.6. The molecule has 4 nitrogen and oxygen atoms in total. The fourth-order valence-corrected chi connectivity index (χ4v) is 4.77. The average Bonchev–Trinajstić information content (AvgIpc) is 3.06. The Morgan fingerprint density at radius 3 is 2.76 bits per heavy atom. The van der Waals surface area contributed by atoms with Crippen molar-refractivity contribution in [2.75, 3.05) is 0 Å². The van der Waals surface area contributed by atoms with E-state index in [1.807, 2.05) is 24.4 Å². The van der Waals surface area contributed by atoms with Crippen molar-refractivity contribution in [3.8, 4) is 33.0 Å². The molecule has 144 valence electrons. The third-order valence-electron chi connectivity index (χ3n) is 5.30. The van der Waals surface area contributed by atoms with E-state index >= 15 is 0 Å². The van der Waals surface area contributed by atoms with Crippen LogP contribution in [0.5, 0.6) is 0 Å². The number of aryl methyl sites for hydroxylation is 2. The zero-order valence-electron chi connectivity index (χ0n) is 15.9. The summed E-state index contributed by atoms with van der Waals surface area (Å²) in [5.41, 5.74) is 5.21. The molecule has 3 aromatic heterocycles. The Hall–Kier alpha value is -3.12. The van der Waals surface area contributed by atoms with Crippen LogP contribution >= 0.6 is 11.3 Å². The van der Waals surface area contributed by atoms with Crippen LogP contribution in [0.4, 0.5) is 4.39 Å². The first-order chi connectivity index (χ1) is 14.1. The molecule has 0 spiro atoms. The van der Waals surface area contributed by atoms with E-state index in [0.29, 0.717) is 28.2 Å². The van der Waals surface area contributed by atoms with E-state index in [2.05, 4.69) is 9.97 Å². The molecular weight excluding hydrogens is 385 g/mol. The Labute approximate surface area is 171 Å². The predicted octanol–water partition coefficient (Wildman–Crippen LogP) is 5.09. The molecule has 6 heteroatoms. The first kappa shape index (κ1) is 17.9. The lowest BCUT2D eigenvalue weighted by molar-refractivity contribution is 0.628. The van der Waals surface area contributed by atoms with Crippen molar-refractivity contribution in [1.82, 2.24) is 14.5 Å².